The van der Waals surface area contributed by atoms with Gasteiger partial charge >= 0.3 is 0 Å². The summed E-state index contributed by atoms with van der Waals surface area (Å²) in [6, 6.07) is 5.19. The molecule has 0 bridgehead atoms. The Hall–Kier alpha value is -3.00. The number of pyridine rings is 1. The third-order valence-corrected chi connectivity index (χ3v) is 6.34. The molecule has 28 heavy (non-hydrogen) atoms. The fraction of sp³-hybridized carbons (Fsp3) is 0.300. The number of furan rings is 1. The number of rotatable bonds is 3. The average molecular weight is 394 g/mol. The van der Waals surface area contributed by atoms with E-state index in [-0.39, 0.29) is 23.3 Å². The molecule has 1 aliphatic carbocycles. The number of amides is 1. The number of thiophene rings is 1. The van der Waals surface area contributed by atoms with Crippen molar-refractivity contribution < 1.29 is 9.21 Å². The summed E-state index contributed by atoms with van der Waals surface area (Å²) in [6.45, 7) is 0. The molecule has 0 aliphatic heterocycles. The molecule has 0 spiro atoms. The van der Waals surface area contributed by atoms with E-state index in [9.17, 15) is 9.59 Å². The minimum absolute atomic E-state index is 0.0248. The van der Waals surface area contributed by atoms with Gasteiger partial charge in [0.2, 0.25) is 0 Å². The second-order valence-corrected chi connectivity index (χ2v) is 8.00. The lowest BCUT2D eigenvalue weighted by atomic mass is 9.95. The number of fused-ring (bicyclic) bond motifs is 3. The second kappa shape index (κ2) is 6.87. The van der Waals surface area contributed by atoms with Gasteiger partial charge in [0.25, 0.3) is 11.5 Å². The first kappa shape index (κ1) is 17.1. The van der Waals surface area contributed by atoms with Crippen molar-refractivity contribution in [2.75, 3.05) is 5.32 Å². The fourth-order valence-electron chi connectivity index (χ4n) is 3.88. The van der Waals surface area contributed by atoms with Crippen molar-refractivity contribution >= 4 is 43.4 Å². The number of hydrogen-bond donors (Lipinski definition) is 1. The zero-order valence-electron chi connectivity index (χ0n) is 15.1. The molecule has 5 rings (SSSR count). The van der Waals surface area contributed by atoms with E-state index in [1.807, 2.05) is 0 Å². The molecule has 1 saturated carbocycles. The molecule has 0 aromatic carbocycles. The number of anilines is 1. The van der Waals surface area contributed by atoms with Crippen molar-refractivity contribution in [3.05, 3.63) is 53.1 Å². The second-order valence-electron chi connectivity index (χ2n) is 7.00. The highest BCUT2D eigenvalue weighted by Gasteiger charge is 2.21. The van der Waals surface area contributed by atoms with Gasteiger partial charge in [0, 0.05) is 12.2 Å². The van der Waals surface area contributed by atoms with Gasteiger partial charge in [-0.2, -0.15) is 0 Å². The van der Waals surface area contributed by atoms with E-state index in [4.69, 9.17) is 4.42 Å². The Morgan fingerprint density at radius 3 is 2.86 bits per heavy atom. The van der Waals surface area contributed by atoms with E-state index < -0.39 is 0 Å². The van der Waals surface area contributed by atoms with Gasteiger partial charge in [0.1, 0.15) is 9.53 Å². The Labute approximate surface area is 164 Å². The maximum absolute atomic E-state index is 13.1. The Bertz CT molecular complexity index is 1220. The zero-order chi connectivity index (χ0) is 19.1. The van der Waals surface area contributed by atoms with Crippen LogP contribution in [0.1, 0.15) is 48.7 Å². The molecule has 0 unspecified atom stereocenters. The summed E-state index contributed by atoms with van der Waals surface area (Å²) in [5.74, 6) is -0.135. The molecule has 4 aromatic heterocycles. The normalized spacial score (nSPS) is 15.3. The summed E-state index contributed by atoms with van der Waals surface area (Å²) in [4.78, 5) is 35.2. The van der Waals surface area contributed by atoms with Crippen LogP contribution in [-0.2, 0) is 0 Å². The minimum Gasteiger partial charge on any atom is -0.459 e. The summed E-state index contributed by atoms with van der Waals surface area (Å²) in [7, 11) is 0. The number of aromatic nitrogens is 3. The van der Waals surface area contributed by atoms with Gasteiger partial charge in [-0.05, 0) is 31.0 Å². The molecule has 1 amide bonds. The Balaban J connectivity index is 1.61. The quantitative estimate of drug-likeness (QED) is 0.558. The van der Waals surface area contributed by atoms with Crippen LogP contribution in [0.15, 0.2) is 46.2 Å². The van der Waals surface area contributed by atoms with Crippen LogP contribution < -0.4 is 10.9 Å². The largest absolute Gasteiger partial charge is 0.459 e. The molecule has 1 N–H and O–H groups in total. The van der Waals surface area contributed by atoms with Crippen LogP contribution in [0.2, 0.25) is 0 Å². The maximum Gasteiger partial charge on any atom is 0.291 e. The van der Waals surface area contributed by atoms with Crippen LogP contribution in [0.5, 0.6) is 0 Å². The van der Waals surface area contributed by atoms with E-state index in [2.05, 4.69) is 15.3 Å². The third kappa shape index (κ3) is 2.80. The summed E-state index contributed by atoms with van der Waals surface area (Å²) in [5, 5.41) is 3.54. The molecule has 0 radical (unpaired) electrons. The molecule has 0 atom stereocenters. The molecular weight excluding hydrogens is 376 g/mol. The lowest BCUT2D eigenvalue weighted by Gasteiger charge is -2.23. The Morgan fingerprint density at radius 1 is 1.21 bits per heavy atom. The van der Waals surface area contributed by atoms with Crippen molar-refractivity contribution in [2.24, 2.45) is 0 Å². The van der Waals surface area contributed by atoms with Gasteiger partial charge in [-0.15, -0.1) is 11.3 Å². The topological polar surface area (TPSA) is 90.0 Å². The van der Waals surface area contributed by atoms with E-state index in [0.717, 1.165) is 25.7 Å². The molecule has 1 aliphatic rings. The Morgan fingerprint density at radius 2 is 2.07 bits per heavy atom. The van der Waals surface area contributed by atoms with Crippen LogP contribution in [0.4, 0.5) is 5.69 Å². The zero-order valence-corrected chi connectivity index (χ0v) is 15.9. The average Bonchev–Trinajstić information content (AvgIpc) is 3.38. The van der Waals surface area contributed by atoms with Gasteiger partial charge in [-0.25, -0.2) is 9.97 Å². The predicted octanol–water partition coefficient (Wildman–Crippen LogP) is 4.36. The fourth-order valence-corrected chi connectivity index (χ4v) is 4.94. The number of hydrogen-bond acceptors (Lipinski definition) is 6. The number of nitrogens with zero attached hydrogens (tertiary/aromatic N) is 3. The summed E-state index contributed by atoms with van der Waals surface area (Å²) < 4.78 is 7.51. The lowest BCUT2D eigenvalue weighted by molar-refractivity contribution is 0.0997. The highest BCUT2D eigenvalue weighted by molar-refractivity contribution is 7.25. The van der Waals surface area contributed by atoms with E-state index in [1.54, 1.807) is 35.3 Å². The van der Waals surface area contributed by atoms with E-state index in [0.29, 0.717) is 26.1 Å². The lowest BCUT2D eigenvalue weighted by Crippen LogP contribution is -2.26. The molecule has 8 heteroatoms. The van der Waals surface area contributed by atoms with Crippen molar-refractivity contribution in [3.63, 3.8) is 0 Å². The van der Waals surface area contributed by atoms with Crippen LogP contribution in [0, 0.1) is 0 Å². The first-order chi connectivity index (χ1) is 13.7. The number of nitrogens with one attached hydrogen (secondary N) is 1. The number of carbonyl (C=O) groups excluding carboxylic acids is 1. The summed E-state index contributed by atoms with van der Waals surface area (Å²) >= 11 is 1.32. The summed E-state index contributed by atoms with van der Waals surface area (Å²) in [5.41, 5.74) is 1.13. The van der Waals surface area contributed by atoms with Crippen molar-refractivity contribution in [1.82, 2.24) is 14.5 Å². The van der Waals surface area contributed by atoms with Crippen molar-refractivity contribution in [2.45, 2.75) is 38.1 Å². The highest BCUT2D eigenvalue weighted by atomic mass is 32.1. The molecule has 4 aromatic rings. The number of carbonyl (C=O) groups is 1. The van der Waals surface area contributed by atoms with Gasteiger partial charge in [-0.1, -0.05) is 19.3 Å². The standard InChI is InChI=1S/C20H18N4O3S/c25-18(14-7-4-10-27-14)23-13-8-9-21-19-15(13)16-17(28-19)20(26)24(11-22-16)12-5-2-1-3-6-12/h4,7-12H,1-3,5-6H2,(H,21,23,25). The van der Waals surface area contributed by atoms with Crippen LogP contribution in [-0.4, -0.2) is 20.4 Å². The van der Waals surface area contributed by atoms with Crippen molar-refractivity contribution in [1.29, 1.82) is 0 Å². The van der Waals surface area contributed by atoms with E-state index in [1.165, 1.54) is 24.0 Å². The summed E-state index contributed by atoms with van der Waals surface area (Å²) in [6.07, 6.45) is 10.3. The van der Waals surface area contributed by atoms with Gasteiger partial charge in [0.15, 0.2) is 5.76 Å². The molecule has 142 valence electrons. The first-order valence-electron chi connectivity index (χ1n) is 9.35. The minimum atomic E-state index is -0.354. The molecule has 4 heterocycles. The Kier molecular flexibility index (Phi) is 4.20. The van der Waals surface area contributed by atoms with Crippen LogP contribution in [0.3, 0.4) is 0 Å². The third-order valence-electron chi connectivity index (χ3n) is 5.27. The van der Waals surface area contributed by atoms with Gasteiger partial charge in [0.05, 0.1) is 29.2 Å². The smallest absolute Gasteiger partial charge is 0.291 e. The monoisotopic (exact) mass is 394 g/mol. The van der Waals surface area contributed by atoms with Crippen LogP contribution in [0.25, 0.3) is 20.4 Å². The van der Waals surface area contributed by atoms with E-state index >= 15 is 0 Å². The van der Waals surface area contributed by atoms with Gasteiger partial charge < -0.3 is 9.73 Å². The maximum atomic E-state index is 13.1. The highest BCUT2D eigenvalue weighted by Crippen LogP contribution is 2.35. The molecule has 7 nitrogen and oxygen atoms in total. The SMILES string of the molecule is O=C(Nc1ccnc2sc3c(=O)n(C4CCCCC4)cnc3c12)c1ccco1. The molecule has 0 saturated heterocycles. The first-order valence-corrected chi connectivity index (χ1v) is 10.2. The van der Waals surface area contributed by atoms with Crippen LogP contribution >= 0.6 is 11.3 Å². The van der Waals surface area contributed by atoms with Crippen molar-refractivity contribution in [3.8, 4) is 0 Å². The molecule has 1 fully saturated rings. The molecular formula is C20H18N4O3S. The van der Waals surface area contributed by atoms with Gasteiger partial charge in [-0.3, -0.25) is 14.2 Å². The predicted molar refractivity (Wildman–Crippen MR) is 108 cm³/mol.